The highest BCUT2D eigenvalue weighted by molar-refractivity contribution is 6.22. The summed E-state index contributed by atoms with van der Waals surface area (Å²) in [6.07, 6.45) is 4.97. The molecule has 0 radical (unpaired) electrons. The van der Waals surface area contributed by atoms with Crippen molar-refractivity contribution in [3.05, 3.63) is 34.9 Å². The van der Waals surface area contributed by atoms with Gasteiger partial charge >= 0.3 is 0 Å². The first-order chi connectivity index (χ1) is 11.8. The summed E-state index contributed by atoms with van der Waals surface area (Å²) in [5.74, 6) is -0.810. The van der Waals surface area contributed by atoms with E-state index in [2.05, 4.69) is 5.32 Å². The SMILES string of the molecule is CC(C)(CN)NC(=O)c1ccc2c(c1)C(=O)N(C1CCCCC1)C2=O.Cl. The fourth-order valence-corrected chi connectivity index (χ4v) is 3.50. The molecule has 1 aromatic carbocycles. The number of benzene rings is 1. The second-order valence-electron chi connectivity index (χ2n) is 7.57. The number of amides is 3. The zero-order valence-corrected chi connectivity index (χ0v) is 16.0. The molecule has 0 aromatic heterocycles. The van der Waals surface area contributed by atoms with Crippen LogP contribution in [0.15, 0.2) is 18.2 Å². The molecule has 1 aromatic rings. The number of imide groups is 1. The van der Waals surface area contributed by atoms with Crippen LogP contribution in [-0.4, -0.2) is 40.7 Å². The van der Waals surface area contributed by atoms with Gasteiger partial charge in [0.1, 0.15) is 0 Å². The van der Waals surface area contributed by atoms with Gasteiger partial charge in [0.2, 0.25) is 0 Å². The molecule has 1 heterocycles. The lowest BCUT2D eigenvalue weighted by atomic mass is 9.94. The maximum atomic E-state index is 12.8. The molecule has 26 heavy (non-hydrogen) atoms. The molecule has 1 aliphatic heterocycles. The van der Waals surface area contributed by atoms with E-state index in [4.69, 9.17) is 5.73 Å². The Balaban J connectivity index is 0.00000243. The van der Waals surface area contributed by atoms with E-state index in [0.717, 1.165) is 32.1 Å². The Bertz CT molecular complexity index is 727. The summed E-state index contributed by atoms with van der Waals surface area (Å²) in [7, 11) is 0. The summed E-state index contributed by atoms with van der Waals surface area (Å²) in [4.78, 5) is 39.2. The average Bonchev–Trinajstić information content (AvgIpc) is 2.86. The molecule has 1 fully saturated rings. The van der Waals surface area contributed by atoms with Crippen LogP contribution < -0.4 is 11.1 Å². The number of fused-ring (bicyclic) bond motifs is 1. The predicted octanol–water partition coefficient (Wildman–Crippen LogP) is 2.50. The average molecular weight is 380 g/mol. The van der Waals surface area contributed by atoms with Crippen LogP contribution in [0.3, 0.4) is 0 Å². The van der Waals surface area contributed by atoms with Gasteiger partial charge in [0, 0.05) is 23.7 Å². The molecule has 0 spiro atoms. The first-order valence-electron chi connectivity index (χ1n) is 8.88. The van der Waals surface area contributed by atoms with Gasteiger partial charge in [0.25, 0.3) is 17.7 Å². The molecule has 3 amide bonds. The van der Waals surface area contributed by atoms with Gasteiger partial charge < -0.3 is 11.1 Å². The molecule has 1 saturated carbocycles. The molecule has 0 atom stereocenters. The van der Waals surface area contributed by atoms with Crippen LogP contribution in [0.1, 0.15) is 77.0 Å². The van der Waals surface area contributed by atoms with Crippen LogP contribution in [0.4, 0.5) is 0 Å². The highest BCUT2D eigenvalue weighted by Crippen LogP contribution is 2.31. The molecule has 3 N–H and O–H groups in total. The normalized spacial score (nSPS) is 17.7. The Morgan fingerprint density at radius 3 is 2.38 bits per heavy atom. The van der Waals surface area contributed by atoms with Gasteiger partial charge in [-0.05, 0) is 44.9 Å². The molecule has 142 valence electrons. The van der Waals surface area contributed by atoms with Crippen molar-refractivity contribution < 1.29 is 14.4 Å². The van der Waals surface area contributed by atoms with Crippen LogP contribution in [0.25, 0.3) is 0 Å². The first kappa shape index (κ1) is 20.4. The van der Waals surface area contributed by atoms with Crippen LogP contribution in [0.5, 0.6) is 0 Å². The van der Waals surface area contributed by atoms with Crippen molar-refractivity contribution in [3.8, 4) is 0 Å². The summed E-state index contributed by atoms with van der Waals surface area (Å²) in [5, 5.41) is 2.84. The van der Waals surface area contributed by atoms with Gasteiger partial charge in [0.05, 0.1) is 11.1 Å². The monoisotopic (exact) mass is 379 g/mol. The topological polar surface area (TPSA) is 92.5 Å². The van der Waals surface area contributed by atoms with E-state index < -0.39 is 5.54 Å². The van der Waals surface area contributed by atoms with Crippen molar-refractivity contribution in [1.29, 1.82) is 0 Å². The second kappa shape index (κ2) is 7.76. The van der Waals surface area contributed by atoms with Gasteiger partial charge in [-0.1, -0.05) is 19.3 Å². The Morgan fingerprint density at radius 2 is 1.77 bits per heavy atom. The van der Waals surface area contributed by atoms with E-state index in [1.54, 1.807) is 12.1 Å². The number of nitrogens with one attached hydrogen (secondary N) is 1. The predicted molar refractivity (Wildman–Crippen MR) is 102 cm³/mol. The maximum Gasteiger partial charge on any atom is 0.261 e. The van der Waals surface area contributed by atoms with E-state index in [9.17, 15) is 14.4 Å². The summed E-state index contributed by atoms with van der Waals surface area (Å²) < 4.78 is 0. The zero-order chi connectivity index (χ0) is 18.2. The number of halogens is 1. The van der Waals surface area contributed by atoms with Crippen molar-refractivity contribution in [1.82, 2.24) is 10.2 Å². The number of nitrogens with zero attached hydrogens (tertiary/aromatic N) is 1. The standard InChI is InChI=1S/C19H25N3O3.ClH/c1-19(2,11-20)21-16(23)12-8-9-14-15(10-12)18(25)22(17(14)24)13-6-4-3-5-7-13;/h8-10,13H,3-7,11,20H2,1-2H3,(H,21,23);1H. The van der Waals surface area contributed by atoms with Crippen molar-refractivity contribution in [2.24, 2.45) is 5.73 Å². The van der Waals surface area contributed by atoms with Crippen LogP contribution >= 0.6 is 12.4 Å². The summed E-state index contributed by atoms with van der Waals surface area (Å²) in [5.41, 5.74) is 6.19. The van der Waals surface area contributed by atoms with Crippen LogP contribution in [-0.2, 0) is 0 Å². The number of rotatable bonds is 4. The van der Waals surface area contributed by atoms with Gasteiger partial charge in [-0.25, -0.2) is 0 Å². The lowest BCUT2D eigenvalue weighted by Gasteiger charge is -2.29. The van der Waals surface area contributed by atoms with Gasteiger partial charge in [-0.2, -0.15) is 0 Å². The van der Waals surface area contributed by atoms with E-state index in [0.29, 0.717) is 23.2 Å². The fourth-order valence-electron chi connectivity index (χ4n) is 3.50. The molecule has 2 aliphatic rings. The molecule has 1 aliphatic carbocycles. The van der Waals surface area contributed by atoms with Crippen LogP contribution in [0, 0.1) is 0 Å². The minimum atomic E-state index is -0.538. The molecule has 7 heteroatoms. The van der Waals surface area contributed by atoms with Crippen molar-refractivity contribution in [2.45, 2.75) is 57.5 Å². The minimum absolute atomic E-state index is 0. The van der Waals surface area contributed by atoms with Gasteiger partial charge in [-0.3, -0.25) is 19.3 Å². The number of hydrogen-bond acceptors (Lipinski definition) is 4. The summed E-state index contributed by atoms with van der Waals surface area (Å²) in [6.45, 7) is 3.96. The zero-order valence-electron chi connectivity index (χ0n) is 15.2. The third kappa shape index (κ3) is 3.76. The molecule has 0 bridgehead atoms. The van der Waals surface area contributed by atoms with Crippen molar-refractivity contribution in [2.75, 3.05) is 6.54 Å². The van der Waals surface area contributed by atoms with E-state index in [-0.39, 0.29) is 36.2 Å². The summed E-state index contributed by atoms with van der Waals surface area (Å²) >= 11 is 0. The fraction of sp³-hybridized carbons (Fsp3) is 0.526. The smallest absolute Gasteiger partial charge is 0.261 e. The number of hydrogen-bond donors (Lipinski definition) is 2. The second-order valence-corrected chi connectivity index (χ2v) is 7.57. The minimum Gasteiger partial charge on any atom is -0.346 e. The highest BCUT2D eigenvalue weighted by atomic mass is 35.5. The highest BCUT2D eigenvalue weighted by Gasteiger charge is 2.40. The lowest BCUT2D eigenvalue weighted by Crippen LogP contribution is -2.48. The molecule has 0 saturated heterocycles. The number of nitrogens with two attached hydrogens (primary N) is 1. The van der Waals surface area contributed by atoms with Gasteiger partial charge in [0.15, 0.2) is 0 Å². The van der Waals surface area contributed by atoms with E-state index in [1.165, 1.54) is 11.0 Å². The van der Waals surface area contributed by atoms with Crippen LogP contribution in [0.2, 0.25) is 0 Å². The molecule has 6 nitrogen and oxygen atoms in total. The Morgan fingerprint density at radius 1 is 1.15 bits per heavy atom. The molecule has 0 unspecified atom stereocenters. The quantitative estimate of drug-likeness (QED) is 0.786. The van der Waals surface area contributed by atoms with Crippen molar-refractivity contribution >= 4 is 30.1 Å². The van der Waals surface area contributed by atoms with E-state index >= 15 is 0 Å². The third-order valence-corrected chi connectivity index (χ3v) is 5.08. The maximum absolute atomic E-state index is 12.8. The Labute approximate surface area is 159 Å². The van der Waals surface area contributed by atoms with E-state index in [1.807, 2.05) is 13.8 Å². The third-order valence-electron chi connectivity index (χ3n) is 5.08. The molecule has 3 rings (SSSR count). The lowest BCUT2D eigenvalue weighted by molar-refractivity contribution is 0.0548. The number of carbonyl (C=O) groups is 3. The summed E-state index contributed by atoms with van der Waals surface area (Å²) in [6, 6.07) is 4.69. The number of carbonyl (C=O) groups excluding carboxylic acids is 3. The van der Waals surface area contributed by atoms with Gasteiger partial charge in [-0.15, -0.1) is 12.4 Å². The Hall–Kier alpha value is -1.92. The Kier molecular flexibility index (Phi) is 6.09. The molecular formula is C19H26ClN3O3. The largest absolute Gasteiger partial charge is 0.346 e. The molecular weight excluding hydrogens is 354 g/mol. The first-order valence-corrected chi connectivity index (χ1v) is 8.88. The van der Waals surface area contributed by atoms with Crippen molar-refractivity contribution in [3.63, 3.8) is 0 Å².